The van der Waals surface area contributed by atoms with Crippen LogP contribution in [0.25, 0.3) is 0 Å². The fourth-order valence-electron chi connectivity index (χ4n) is 1.65. The Morgan fingerprint density at radius 2 is 1.71 bits per heavy atom. The van der Waals surface area contributed by atoms with Crippen molar-refractivity contribution >= 4 is 5.78 Å². The van der Waals surface area contributed by atoms with Gasteiger partial charge in [0.2, 0.25) is 0 Å². The van der Waals surface area contributed by atoms with Crippen LogP contribution in [0.3, 0.4) is 0 Å². The molecule has 2 nitrogen and oxygen atoms in total. The molecule has 0 fully saturated rings. The van der Waals surface area contributed by atoms with E-state index >= 15 is 0 Å². The van der Waals surface area contributed by atoms with Gasteiger partial charge < -0.3 is 9.90 Å². The molecule has 0 rings (SSSR count). The molecule has 0 aliphatic carbocycles. The molecule has 14 heavy (non-hydrogen) atoms. The minimum absolute atomic E-state index is 0.214. The highest BCUT2D eigenvalue weighted by Crippen LogP contribution is 2.23. The van der Waals surface area contributed by atoms with Crippen LogP contribution in [0.5, 0.6) is 0 Å². The van der Waals surface area contributed by atoms with Crippen molar-refractivity contribution in [3.05, 3.63) is 0 Å². The van der Waals surface area contributed by atoms with Gasteiger partial charge in [-0.25, -0.2) is 0 Å². The van der Waals surface area contributed by atoms with Gasteiger partial charge >= 0.3 is 0 Å². The first-order valence-electron chi connectivity index (χ1n) is 5.61. The van der Waals surface area contributed by atoms with Crippen molar-refractivity contribution in [1.29, 1.82) is 0 Å². The Morgan fingerprint density at radius 1 is 1.14 bits per heavy atom. The number of carbonyl (C=O) groups excluding carboxylic acids is 1. The van der Waals surface area contributed by atoms with Crippen LogP contribution in [0.15, 0.2) is 0 Å². The quantitative estimate of drug-likeness (QED) is 0.686. The van der Waals surface area contributed by atoms with Gasteiger partial charge in [-0.2, -0.15) is 0 Å². The van der Waals surface area contributed by atoms with E-state index in [0.717, 1.165) is 19.3 Å². The summed E-state index contributed by atoms with van der Waals surface area (Å²) < 4.78 is 0. The molecule has 0 bridgehead atoms. The Labute approximate surface area is 87.7 Å². The molecule has 0 aromatic carbocycles. The fourth-order valence-corrected chi connectivity index (χ4v) is 1.65. The summed E-state index contributed by atoms with van der Waals surface area (Å²) in [7, 11) is 0. The first kappa shape index (κ1) is 13.6. The Morgan fingerprint density at radius 3 is 2.07 bits per heavy atom. The maximum atomic E-state index is 10.9. The van der Waals surface area contributed by atoms with Crippen LogP contribution >= 0.6 is 0 Å². The van der Waals surface area contributed by atoms with Gasteiger partial charge in [0.05, 0.1) is 6.10 Å². The van der Waals surface area contributed by atoms with Gasteiger partial charge in [-0.1, -0.05) is 13.8 Å². The summed E-state index contributed by atoms with van der Waals surface area (Å²) in [5, 5.41) is 9.19. The number of aliphatic hydroxyl groups is 1. The first-order valence-corrected chi connectivity index (χ1v) is 5.61. The van der Waals surface area contributed by atoms with Gasteiger partial charge in [-0.15, -0.1) is 0 Å². The molecule has 0 aromatic rings. The smallest absolute Gasteiger partial charge is 0.129 e. The van der Waals surface area contributed by atoms with Gasteiger partial charge in [0, 0.05) is 6.42 Å². The van der Waals surface area contributed by atoms with E-state index in [1.807, 2.05) is 6.92 Å². The average molecular weight is 200 g/mol. The molecule has 2 heteroatoms. The Hall–Kier alpha value is -0.370. The molecule has 0 aliphatic heterocycles. The molecule has 0 aliphatic rings. The third-order valence-corrected chi connectivity index (χ3v) is 2.77. The van der Waals surface area contributed by atoms with Gasteiger partial charge in [-0.3, -0.25) is 0 Å². The number of carbonyl (C=O) groups is 1. The average Bonchev–Trinajstić information content (AvgIpc) is 2.02. The lowest BCUT2D eigenvalue weighted by molar-refractivity contribution is -0.117. The van der Waals surface area contributed by atoms with Crippen LogP contribution in [0, 0.1) is 11.8 Å². The van der Waals surface area contributed by atoms with Crippen molar-refractivity contribution in [3.63, 3.8) is 0 Å². The molecule has 84 valence electrons. The lowest BCUT2D eigenvalue weighted by Crippen LogP contribution is -2.13. The van der Waals surface area contributed by atoms with E-state index in [-0.39, 0.29) is 11.9 Å². The molecular weight excluding hydrogens is 176 g/mol. The minimum Gasteiger partial charge on any atom is -0.393 e. The van der Waals surface area contributed by atoms with Gasteiger partial charge in [-0.05, 0) is 44.9 Å². The number of rotatable bonds is 7. The van der Waals surface area contributed by atoms with E-state index in [9.17, 15) is 9.90 Å². The zero-order valence-electron chi connectivity index (χ0n) is 9.92. The highest BCUT2D eigenvalue weighted by atomic mass is 16.3. The zero-order valence-corrected chi connectivity index (χ0v) is 9.92. The standard InChI is InChI=1S/C12H24O2/c1-9(2)12(7-5-10(3)13)8-6-11(4)14/h9-10,12-13H,5-8H2,1-4H3. The normalized spacial score (nSPS) is 15.6. The molecule has 0 saturated heterocycles. The highest BCUT2D eigenvalue weighted by Gasteiger charge is 2.14. The fraction of sp³-hybridized carbons (Fsp3) is 0.917. The van der Waals surface area contributed by atoms with E-state index in [2.05, 4.69) is 13.8 Å². The van der Waals surface area contributed by atoms with Gasteiger partial charge in [0.1, 0.15) is 5.78 Å². The summed E-state index contributed by atoms with van der Waals surface area (Å²) in [5.41, 5.74) is 0. The predicted octanol–water partition coefficient (Wildman–Crippen LogP) is 2.79. The Bertz CT molecular complexity index is 162. The largest absolute Gasteiger partial charge is 0.393 e. The summed E-state index contributed by atoms with van der Waals surface area (Å²) in [6.45, 7) is 7.84. The van der Waals surface area contributed by atoms with Crippen LogP contribution < -0.4 is 0 Å². The van der Waals surface area contributed by atoms with Crippen molar-refractivity contribution < 1.29 is 9.90 Å². The third kappa shape index (κ3) is 7.07. The number of Topliss-reactive ketones (excluding diaryl/α,β-unsaturated/α-hetero) is 1. The van der Waals surface area contributed by atoms with Crippen LogP contribution in [0.1, 0.15) is 53.4 Å². The van der Waals surface area contributed by atoms with Crippen molar-refractivity contribution in [1.82, 2.24) is 0 Å². The second-order valence-electron chi connectivity index (χ2n) is 4.67. The summed E-state index contributed by atoms with van der Waals surface area (Å²) in [4.78, 5) is 10.9. The molecular formula is C12H24O2. The van der Waals surface area contributed by atoms with Crippen LogP contribution in [-0.4, -0.2) is 17.0 Å². The van der Waals surface area contributed by atoms with Gasteiger partial charge in [0.15, 0.2) is 0 Å². The second-order valence-corrected chi connectivity index (χ2v) is 4.67. The summed E-state index contributed by atoms with van der Waals surface area (Å²) >= 11 is 0. The molecule has 0 spiro atoms. The maximum Gasteiger partial charge on any atom is 0.129 e. The van der Waals surface area contributed by atoms with E-state index in [4.69, 9.17) is 0 Å². The first-order chi connectivity index (χ1) is 6.43. The molecule has 2 unspecified atom stereocenters. The molecule has 0 aromatic heterocycles. The SMILES string of the molecule is CC(=O)CCC(CCC(C)O)C(C)C. The monoisotopic (exact) mass is 200 g/mol. The van der Waals surface area contributed by atoms with E-state index in [1.165, 1.54) is 0 Å². The molecule has 0 amide bonds. The van der Waals surface area contributed by atoms with Gasteiger partial charge in [0.25, 0.3) is 0 Å². The van der Waals surface area contributed by atoms with Crippen molar-refractivity contribution in [2.24, 2.45) is 11.8 Å². The molecule has 0 heterocycles. The predicted molar refractivity (Wildman–Crippen MR) is 59.2 cm³/mol. The summed E-state index contributed by atoms with van der Waals surface area (Å²) in [6, 6.07) is 0. The highest BCUT2D eigenvalue weighted by molar-refractivity contribution is 5.75. The van der Waals surface area contributed by atoms with Crippen LogP contribution in [0.4, 0.5) is 0 Å². The number of ketones is 1. The molecule has 1 N–H and O–H groups in total. The molecule has 2 atom stereocenters. The zero-order chi connectivity index (χ0) is 11.1. The van der Waals surface area contributed by atoms with Crippen LogP contribution in [-0.2, 0) is 4.79 Å². The van der Waals surface area contributed by atoms with Crippen molar-refractivity contribution in [2.75, 3.05) is 0 Å². The summed E-state index contributed by atoms with van der Waals surface area (Å²) in [6.07, 6.45) is 3.32. The lowest BCUT2D eigenvalue weighted by atomic mass is 9.86. The number of aliphatic hydroxyl groups excluding tert-OH is 1. The van der Waals surface area contributed by atoms with Crippen molar-refractivity contribution in [2.45, 2.75) is 59.5 Å². The van der Waals surface area contributed by atoms with E-state index in [0.29, 0.717) is 18.3 Å². The summed E-state index contributed by atoms with van der Waals surface area (Å²) in [5.74, 6) is 1.45. The third-order valence-electron chi connectivity index (χ3n) is 2.77. The number of hydrogen-bond acceptors (Lipinski definition) is 2. The maximum absolute atomic E-state index is 10.9. The van der Waals surface area contributed by atoms with E-state index in [1.54, 1.807) is 6.92 Å². The van der Waals surface area contributed by atoms with Crippen molar-refractivity contribution in [3.8, 4) is 0 Å². The minimum atomic E-state index is -0.214. The van der Waals surface area contributed by atoms with E-state index < -0.39 is 0 Å². The molecule has 0 saturated carbocycles. The Balaban J connectivity index is 3.84. The molecule has 0 radical (unpaired) electrons. The second kappa shape index (κ2) is 6.99. The Kier molecular flexibility index (Phi) is 6.81. The number of hydrogen-bond donors (Lipinski definition) is 1. The van der Waals surface area contributed by atoms with Crippen LogP contribution in [0.2, 0.25) is 0 Å². The lowest BCUT2D eigenvalue weighted by Gasteiger charge is -2.20. The topological polar surface area (TPSA) is 37.3 Å².